The molecule has 0 aliphatic carbocycles. The van der Waals surface area contributed by atoms with Crippen LogP contribution in [0.3, 0.4) is 0 Å². The molecular formula is C20H28N4O2. The van der Waals surface area contributed by atoms with Crippen molar-refractivity contribution in [3.05, 3.63) is 42.2 Å². The Morgan fingerprint density at radius 2 is 1.92 bits per heavy atom. The second kappa shape index (κ2) is 9.87. The molecule has 2 rings (SSSR count). The Hall–Kier alpha value is -2.47. The fourth-order valence-corrected chi connectivity index (χ4v) is 2.98. The number of nitrogens with one attached hydrogen (secondary N) is 1. The lowest BCUT2D eigenvalue weighted by Gasteiger charge is -2.17. The Kier molecular flexibility index (Phi) is 7.53. The summed E-state index contributed by atoms with van der Waals surface area (Å²) in [7, 11) is 3.35. The van der Waals surface area contributed by atoms with E-state index in [4.69, 9.17) is 4.74 Å². The lowest BCUT2D eigenvalue weighted by Crippen LogP contribution is -2.29. The quantitative estimate of drug-likeness (QED) is 0.574. The molecule has 1 saturated heterocycles. The maximum Gasteiger partial charge on any atom is 0.135 e. The van der Waals surface area contributed by atoms with Crippen molar-refractivity contribution in [3.8, 4) is 5.75 Å². The zero-order valence-electron chi connectivity index (χ0n) is 15.9. The number of aliphatic imine (C=N–C) groups is 2. The summed E-state index contributed by atoms with van der Waals surface area (Å²) in [6, 6.07) is 7.60. The monoisotopic (exact) mass is 356 g/mol. The summed E-state index contributed by atoms with van der Waals surface area (Å²) in [5, 5.41) is 3.15. The van der Waals surface area contributed by atoms with Crippen molar-refractivity contribution in [2.45, 2.75) is 26.2 Å². The number of hydrogen-bond donors (Lipinski definition) is 1. The average molecular weight is 356 g/mol. The molecule has 1 aromatic carbocycles. The smallest absolute Gasteiger partial charge is 0.135 e. The molecule has 1 aliphatic rings. The second-order valence-corrected chi connectivity index (χ2v) is 6.41. The van der Waals surface area contributed by atoms with Crippen LogP contribution in [0.25, 0.3) is 0 Å². The summed E-state index contributed by atoms with van der Waals surface area (Å²) >= 11 is 0. The van der Waals surface area contributed by atoms with Gasteiger partial charge in [-0.2, -0.15) is 0 Å². The van der Waals surface area contributed by atoms with Gasteiger partial charge in [0, 0.05) is 31.3 Å². The van der Waals surface area contributed by atoms with Gasteiger partial charge in [0.2, 0.25) is 0 Å². The third-order valence-corrected chi connectivity index (χ3v) is 4.20. The van der Waals surface area contributed by atoms with E-state index in [-0.39, 0.29) is 5.78 Å². The van der Waals surface area contributed by atoms with Crippen LogP contribution in [0.15, 0.2) is 46.7 Å². The van der Waals surface area contributed by atoms with Gasteiger partial charge in [-0.3, -0.25) is 14.7 Å². The van der Waals surface area contributed by atoms with E-state index in [1.807, 2.05) is 24.3 Å². The number of hydrogen-bond acceptors (Lipinski definition) is 5. The first-order valence-electron chi connectivity index (χ1n) is 8.87. The van der Waals surface area contributed by atoms with Crippen LogP contribution < -0.4 is 10.1 Å². The highest BCUT2D eigenvalue weighted by molar-refractivity contribution is 6.03. The van der Waals surface area contributed by atoms with Crippen molar-refractivity contribution in [3.63, 3.8) is 0 Å². The molecule has 1 aliphatic heterocycles. The molecule has 1 aromatic rings. The fraction of sp³-hybridized carbons (Fsp3) is 0.450. The SMILES string of the molecule is C=C(N=C(CC(C)=O)CN1CCCC1)NC(=NC)c1ccc(OC)cc1. The summed E-state index contributed by atoms with van der Waals surface area (Å²) in [5.74, 6) is 2.05. The number of Topliss-reactive ketones (excluding diaryl/α,β-unsaturated/α-hetero) is 1. The first-order valence-corrected chi connectivity index (χ1v) is 8.87. The summed E-state index contributed by atoms with van der Waals surface area (Å²) < 4.78 is 5.18. The van der Waals surface area contributed by atoms with Gasteiger partial charge in [0.1, 0.15) is 23.2 Å². The molecule has 0 bridgehead atoms. The topological polar surface area (TPSA) is 66.3 Å². The molecular weight excluding hydrogens is 328 g/mol. The number of carbonyl (C=O) groups excluding carboxylic acids is 1. The van der Waals surface area contributed by atoms with Gasteiger partial charge in [0.05, 0.1) is 7.11 Å². The maximum absolute atomic E-state index is 11.6. The van der Waals surface area contributed by atoms with E-state index in [1.54, 1.807) is 21.1 Å². The largest absolute Gasteiger partial charge is 0.497 e. The Labute approximate surface area is 155 Å². The fourth-order valence-electron chi connectivity index (χ4n) is 2.98. The molecule has 6 nitrogen and oxygen atoms in total. The molecule has 140 valence electrons. The first-order chi connectivity index (χ1) is 12.5. The normalized spacial score (nSPS) is 15.8. The van der Waals surface area contributed by atoms with Crippen molar-refractivity contribution in [2.75, 3.05) is 33.8 Å². The molecule has 1 N–H and O–H groups in total. The zero-order valence-corrected chi connectivity index (χ0v) is 15.9. The predicted octanol–water partition coefficient (Wildman–Crippen LogP) is 2.65. The summed E-state index contributed by atoms with van der Waals surface area (Å²) in [5.41, 5.74) is 1.75. The highest BCUT2D eigenvalue weighted by atomic mass is 16.5. The van der Waals surface area contributed by atoms with Gasteiger partial charge in [-0.15, -0.1) is 0 Å². The van der Waals surface area contributed by atoms with Gasteiger partial charge < -0.3 is 10.1 Å². The van der Waals surface area contributed by atoms with Crippen molar-refractivity contribution in [2.24, 2.45) is 9.98 Å². The standard InChI is InChI=1S/C20H28N4O2/c1-15(25)13-18(14-24-11-5-6-12-24)22-16(2)23-20(21-3)17-7-9-19(26-4)10-8-17/h7-10H,2,5-6,11-14H2,1,3-4H3,(H,21,23). The number of methoxy groups -OCH3 is 1. The van der Waals surface area contributed by atoms with Crippen molar-refractivity contribution >= 4 is 17.3 Å². The molecule has 1 fully saturated rings. The van der Waals surface area contributed by atoms with Crippen LogP contribution in [0.5, 0.6) is 5.75 Å². The van der Waals surface area contributed by atoms with Crippen molar-refractivity contribution in [1.29, 1.82) is 0 Å². The molecule has 0 aromatic heterocycles. The lowest BCUT2D eigenvalue weighted by atomic mass is 10.2. The van der Waals surface area contributed by atoms with Gasteiger partial charge >= 0.3 is 0 Å². The molecule has 26 heavy (non-hydrogen) atoms. The minimum absolute atomic E-state index is 0.107. The van der Waals surface area contributed by atoms with Gasteiger partial charge in [-0.25, -0.2) is 4.99 Å². The van der Waals surface area contributed by atoms with E-state index < -0.39 is 0 Å². The van der Waals surface area contributed by atoms with Crippen LogP contribution in [-0.4, -0.2) is 56.0 Å². The third-order valence-electron chi connectivity index (χ3n) is 4.20. The number of amidine groups is 1. The van der Waals surface area contributed by atoms with E-state index >= 15 is 0 Å². The van der Waals surface area contributed by atoms with Gasteiger partial charge in [0.25, 0.3) is 0 Å². The summed E-state index contributed by atoms with van der Waals surface area (Å²) in [6.45, 7) is 8.41. The van der Waals surface area contributed by atoms with E-state index in [2.05, 4.69) is 26.8 Å². The number of ether oxygens (including phenoxy) is 1. The highest BCUT2D eigenvalue weighted by Crippen LogP contribution is 2.12. The minimum Gasteiger partial charge on any atom is -0.497 e. The molecule has 0 spiro atoms. The molecule has 0 radical (unpaired) electrons. The zero-order chi connectivity index (χ0) is 18.9. The van der Waals surface area contributed by atoms with Gasteiger partial charge in [-0.05, 0) is 57.1 Å². The molecule has 0 saturated carbocycles. The van der Waals surface area contributed by atoms with E-state index in [1.165, 1.54) is 12.8 Å². The number of nitrogens with zero attached hydrogens (tertiary/aromatic N) is 3. The van der Waals surface area contributed by atoms with Crippen LogP contribution in [0.4, 0.5) is 0 Å². The summed E-state index contributed by atoms with van der Waals surface area (Å²) in [6.07, 6.45) is 2.76. The van der Waals surface area contributed by atoms with Crippen LogP contribution in [-0.2, 0) is 4.79 Å². The predicted molar refractivity (Wildman–Crippen MR) is 106 cm³/mol. The van der Waals surface area contributed by atoms with E-state index in [0.717, 1.165) is 30.1 Å². The Morgan fingerprint density at radius 1 is 1.27 bits per heavy atom. The molecule has 0 amide bonds. The van der Waals surface area contributed by atoms with Crippen molar-refractivity contribution < 1.29 is 9.53 Å². The van der Waals surface area contributed by atoms with Crippen LogP contribution >= 0.6 is 0 Å². The van der Waals surface area contributed by atoms with Gasteiger partial charge in [-0.1, -0.05) is 6.58 Å². The van der Waals surface area contributed by atoms with Crippen molar-refractivity contribution in [1.82, 2.24) is 10.2 Å². The van der Waals surface area contributed by atoms with E-state index in [0.29, 0.717) is 24.6 Å². The summed E-state index contributed by atoms with van der Waals surface area (Å²) in [4.78, 5) is 22.8. The van der Waals surface area contributed by atoms with Crippen LogP contribution in [0.1, 0.15) is 31.7 Å². The van der Waals surface area contributed by atoms with E-state index in [9.17, 15) is 4.79 Å². The minimum atomic E-state index is 0.107. The van der Waals surface area contributed by atoms with Crippen LogP contribution in [0.2, 0.25) is 0 Å². The number of rotatable bonds is 8. The Bertz CT molecular complexity index is 686. The Balaban J connectivity index is 2.07. The Morgan fingerprint density at radius 3 is 2.46 bits per heavy atom. The molecule has 0 atom stereocenters. The highest BCUT2D eigenvalue weighted by Gasteiger charge is 2.15. The second-order valence-electron chi connectivity index (χ2n) is 6.41. The van der Waals surface area contributed by atoms with Gasteiger partial charge in [0.15, 0.2) is 0 Å². The number of likely N-dealkylation sites (tertiary alicyclic amines) is 1. The maximum atomic E-state index is 11.6. The first kappa shape index (κ1) is 19.8. The number of carbonyl (C=O) groups is 1. The molecule has 0 unspecified atom stereocenters. The number of ketones is 1. The third kappa shape index (κ3) is 6.11. The van der Waals surface area contributed by atoms with Crippen LogP contribution in [0, 0.1) is 0 Å². The molecule has 6 heteroatoms. The lowest BCUT2D eigenvalue weighted by molar-refractivity contribution is -0.115. The average Bonchev–Trinajstić information content (AvgIpc) is 3.12. The number of benzene rings is 1. The molecule has 1 heterocycles.